The quantitative estimate of drug-likeness (QED) is 0.729. The summed E-state index contributed by atoms with van der Waals surface area (Å²) in [4.78, 5) is 15.0. The van der Waals surface area contributed by atoms with Gasteiger partial charge in [0.05, 0.1) is 10.9 Å². The van der Waals surface area contributed by atoms with Gasteiger partial charge in [0.1, 0.15) is 11.9 Å². The van der Waals surface area contributed by atoms with Crippen molar-refractivity contribution in [3.63, 3.8) is 0 Å². The first kappa shape index (κ1) is 22.4. The van der Waals surface area contributed by atoms with E-state index in [1.807, 2.05) is 32.0 Å². The monoisotopic (exact) mass is 433 g/mol. The number of benzene rings is 2. The second kappa shape index (κ2) is 9.24. The third-order valence-corrected chi connectivity index (χ3v) is 7.38. The van der Waals surface area contributed by atoms with E-state index in [0.29, 0.717) is 19.4 Å². The number of carbonyl (C=O) groups excluding carboxylic acids is 1. The Balaban J connectivity index is 1.73. The maximum atomic E-state index is 13.6. The van der Waals surface area contributed by atoms with E-state index >= 15 is 0 Å². The number of likely N-dealkylation sites (N-methyl/N-ethyl adjacent to an activating group) is 1. The number of rotatable bonds is 7. The second-order valence-electron chi connectivity index (χ2n) is 7.87. The molecule has 2 aromatic rings. The van der Waals surface area contributed by atoms with E-state index in [0.717, 1.165) is 11.1 Å². The Kier molecular flexibility index (Phi) is 6.90. The van der Waals surface area contributed by atoms with E-state index in [9.17, 15) is 17.6 Å². The Hall–Kier alpha value is -2.29. The third-order valence-electron chi connectivity index (χ3n) is 5.46. The first-order valence-corrected chi connectivity index (χ1v) is 11.4. The van der Waals surface area contributed by atoms with Crippen LogP contribution in [0.2, 0.25) is 0 Å². The normalized spacial score (nSPS) is 18.5. The number of aryl methyl sites for hydroxylation is 1. The van der Waals surface area contributed by atoms with Crippen molar-refractivity contribution >= 4 is 15.9 Å². The van der Waals surface area contributed by atoms with E-state index < -0.39 is 16.1 Å². The summed E-state index contributed by atoms with van der Waals surface area (Å²) in [5, 5.41) is 2.88. The van der Waals surface area contributed by atoms with Crippen LogP contribution in [0.15, 0.2) is 53.4 Å². The molecule has 1 amide bonds. The highest BCUT2D eigenvalue weighted by molar-refractivity contribution is 7.89. The van der Waals surface area contributed by atoms with Gasteiger partial charge in [-0.15, -0.1) is 0 Å². The van der Waals surface area contributed by atoms with Crippen molar-refractivity contribution in [2.24, 2.45) is 0 Å². The molecule has 2 atom stereocenters. The Morgan fingerprint density at radius 2 is 1.93 bits per heavy atom. The number of nitrogens with zero attached hydrogens (tertiary/aromatic N) is 2. The molecule has 1 saturated heterocycles. The molecule has 0 aromatic heterocycles. The Labute approximate surface area is 177 Å². The lowest BCUT2D eigenvalue weighted by atomic mass is 10.1. The lowest BCUT2D eigenvalue weighted by Gasteiger charge is -2.27. The van der Waals surface area contributed by atoms with Crippen LogP contribution in [-0.4, -0.2) is 56.8 Å². The van der Waals surface area contributed by atoms with Crippen LogP contribution in [0.1, 0.15) is 30.0 Å². The molecule has 0 spiro atoms. The minimum atomic E-state index is -3.75. The molecular formula is C22H28FN3O3S. The third kappa shape index (κ3) is 4.88. The van der Waals surface area contributed by atoms with Crippen molar-refractivity contribution in [1.82, 2.24) is 14.5 Å². The molecule has 8 heteroatoms. The molecule has 0 saturated carbocycles. The molecule has 0 bridgehead atoms. The Morgan fingerprint density at radius 3 is 2.57 bits per heavy atom. The van der Waals surface area contributed by atoms with Crippen molar-refractivity contribution in [2.45, 2.75) is 36.7 Å². The standard InChI is InChI=1S/C22H28FN3O3S/c1-16-9-11-19(12-10-16)30(28,29)26-13-5-8-20(26)22(27)24-15-21(25(2)3)17-6-4-7-18(23)14-17/h4,6-7,9-12,14,20-21H,5,8,13,15H2,1-3H3,(H,24,27)/t20-,21?/m0/s1. The van der Waals surface area contributed by atoms with Crippen LogP contribution in [0.3, 0.4) is 0 Å². The predicted molar refractivity (Wildman–Crippen MR) is 114 cm³/mol. The van der Waals surface area contributed by atoms with Crippen molar-refractivity contribution in [3.05, 3.63) is 65.5 Å². The van der Waals surface area contributed by atoms with Gasteiger partial charge in [-0.1, -0.05) is 29.8 Å². The number of amides is 1. The van der Waals surface area contributed by atoms with E-state index in [1.165, 1.54) is 16.4 Å². The molecule has 1 aliphatic heterocycles. The fourth-order valence-electron chi connectivity index (χ4n) is 3.76. The van der Waals surface area contributed by atoms with E-state index in [4.69, 9.17) is 0 Å². The molecule has 1 aliphatic rings. The van der Waals surface area contributed by atoms with Crippen molar-refractivity contribution < 1.29 is 17.6 Å². The van der Waals surface area contributed by atoms with Crippen LogP contribution in [0.4, 0.5) is 4.39 Å². The largest absolute Gasteiger partial charge is 0.353 e. The summed E-state index contributed by atoms with van der Waals surface area (Å²) >= 11 is 0. The number of carbonyl (C=O) groups is 1. The summed E-state index contributed by atoms with van der Waals surface area (Å²) in [5.74, 6) is -0.664. The Morgan fingerprint density at radius 1 is 1.23 bits per heavy atom. The molecule has 1 fully saturated rings. The number of hydrogen-bond acceptors (Lipinski definition) is 4. The van der Waals surface area contributed by atoms with Crippen LogP contribution in [0, 0.1) is 12.7 Å². The first-order chi connectivity index (χ1) is 14.2. The number of sulfonamides is 1. The van der Waals surface area contributed by atoms with Gasteiger partial charge in [0.25, 0.3) is 0 Å². The Bertz CT molecular complexity index is 993. The summed E-state index contributed by atoms with van der Waals surface area (Å²) < 4.78 is 41.0. The highest BCUT2D eigenvalue weighted by Crippen LogP contribution is 2.27. The smallest absolute Gasteiger partial charge is 0.243 e. The van der Waals surface area contributed by atoms with Crippen LogP contribution in [-0.2, 0) is 14.8 Å². The first-order valence-electron chi connectivity index (χ1n) is 9.98. The van der Waals surface area contributed by atoms with Gasteiger partial charge in [-0.3, -0.25) is 4.79 Å². The fraction of sp³-hybridized carbons (Fsp3) is 0.409. The van der Waals surface area contributed by atoms with Crippen LogP contribution >= 0.6 is 0 Å². The molecule has 1 unspecified atom stereocenters. The highest BCUT2D eigenvalue weighted by Gasteiger charge is 2.39. The molecule has 1 N–H and O–H groups in total. The molecule has 30 heavy (non-hydrogen) atoms. The minimum absolute atomic E-state index is 0.193. The average Bonchev–Trinajstić information content (AvgIpc) is 3.19. The van der Waals surface area contributed by atoms with Gasteiger partial charge in [0.15, 0.2) is 0 Å². The van der Waals surface area contributed by atoms with Gasteiger partial charge in [0, 0.05) is 13.1 Å². The van der Waals surface area contributed by atoms with E-state index in [-0.39, 0.29) is 29.2 Å². The predicted octanol–water partition coefficient (Wildman–Crippen LogP) is 2.71. The maximum Gasteiger partial charge on any atom is 0.243 e. The van der Waals surface area contributed by atoms with Crippen molar-refractivity contribution in [1.29, 1.82) is 0 Å². The van der Waals surface area contributed by atoms with Crippen molar-refractivity contribution in [2.75, 3.05) is 27.2 Å². The summed E-state index contributed by atoms with van der Waals surface area (Å²) in [6.45, 7) is 2.46. The summed E-state index contributed by atoms with van der Waals surface area (Å²) in [5.41, 5.74) is 1.72. The van der Waals surface area contributed by atoms with Gasteiger partial charge >= 0.3 is 0 Å². The van der Waals surface area contributed by atoms with Gasteiger partial charge in [-0.05, 0) is 63.7 Å². The van der Waals surface area contributed by atoms with E-state index in [2.05, 4.69) is 5.32 Å². The molecule has 3 rings (SSSR count). The summed E-state index contributed by atoms with van der Waals surface area (Å²) in [7, 11) is -0.0446. The summed E-state index contributed by atoms with van der Waals surface area (Å²) in [6, 6.07) is 11.9. The van der Waals surface area contributed by atoms with Gasteiger partial charge < -0.3 is 10.2 Å². The molecule has 0 aliphatic carbocycles. The fourth-order valence-corrected chi connectivity index (χ4v) is 5.42. The van der Waals surface area contributed by atoms with Crippen LogP contribution in [0.5, 0.6) is 0 Å². The van der Waals surface area contributed by atoms with Gasteiger partial charge in [-0.25, -0.2) is 12.8 Å². The molecular weight excluding hydrogens is 405 g/mol. The number of hydrogen-bond donors (Lipinski definition) is 1. The van der Waals surface area contributed by atoms with Crippen LogP contribution < -0.4 is 5.32 Å². The molecule has 2 aromatic carbocycles. The van der Waals surface area contributed by atoms with Crippen molar-refractivity contribution in [3.8, 4) is 0 Å². The molecule has 0 radical (unpaired) electrons. The van der Waals surface area contributed by atoms with Gasteiger partial charge in [-0.2, -0.15) is 4.31 Å². The maximum absolute atomic E-state index is 13.6. The number of halogens is 1. The summed E-state index contributed by atoms with van der Waals surface area (Å²) in [6.07, 6.45) is 1.10. The molecule has 162 valence electrons. The lowest BCUT2D eigenvalue weighted by Crippen LogP contribution is -2.47. The SMILES string of the molecule is Cc1ccc(S(=O)(=O)N2CCC[C@H]2C(=O)NCC(c2cccc(F)c2)N(C)C)cc1. The number of nitrogens with one attached hydrogen (secondary N) is 1. The van der Waals surface area contributed by atoms with Crippen LogP contribution in [0.25, 0.3) is 0 Å². The topological polar surface area (TPSA) is 69.7 Å². The molecule has 6 nitrogen and oxygen atoms in total. The zero-order valence-corrected chi connectivity index (χ0v) is 18.3. The zero-order chi connectivity index (χ0) is 21.9. The highest BCUT2D eigenvalue weighted by atomic mass is 32.2. The van der Waals surface area contributed by atoms with Gasteiger partial charge in [0.2, 0.25) is 15.9 Å². The van der Waals surface area contributed by atoms with E-state index in [1.54, 1.807) is 30.3 Å². The molecule has 1 heterocycles. The zero-order valence-electron chi connectivity index (χ0n) is 17.5. The lowest BCUT2D eigenvalue weighted by molar-refractivity contribution is -0.124. The minimum Gasteiger partial charge on any atom is -0.353 e. The average molecular weight is 434 g/mol. The second-order valence-corrected chi connectivity index (χ2v) is 9.76.